The minimum Gasteiger partial charge on any atom is -0.386 e. The first-order chi connectivity index (χ1) is 6.69. The number of aliphatic hydroxyl groups is 1. The fraction of sp³-hybridized carbons (Fsp3) is 1.00. The van der Waals surface area contributed by atoms with Gasteiger partial charge in [0.25, 0.3) is 0 Å². The first-order valence-electron chi connectivity index (χ1n) is 5.31. The molecule has 1 aliphatic rings. The molecule has 1 aliphatic heterocycles. The quantitative estimate of drug-likeness (QED) is 0.603. The number of ether oxygens (including phenoxy) is 2. The van der Waals surface area contributed by atoms with E-state index in [1.165, 1.54) is 0 Å². The van der Waals surface area contributed by atoms with Crippen molar-refractivity contribution in [3.63, 3.8) is 0 Å². The molecular weight excluding hydrogens is 182 g/mol. The highest BCUT2D eigenvalue weighted by Crippen LogP contribution is 2.24. The molecule has 84 valence electrons. The molecule has 4 nitrogen and oxygen atoms in total. The van der Waals surface area contributed by atoms with Crippen LogP contribution >= 0.6 is 0 Å². The molecule has 0 spiro atoms. The Kier molecular flexibility index (Phi) is 4.81. The number of hydrogen-bond acceptors (Lipinski definition) is 4. The molecule has 1 rings (SSSR count). The van der Waals surface area contributed by atoms with Gasteiger partial charge in [-0.1, -0.05) is 0 Å². The standard InChI is InChI=1S/C10H21NO3/c1-3-13-7-5-11-8-10(12)4-6-14-9(10)2/h9,11-12H,3-8H2,1-2H3. The molecule has 0 aliphatic carbocycles. The summed E-state index contributed by atoms with van der Waals surface area (Å²) in [4.78, 5) is 0. The van der Waals surface area contributed by atoms with E-state index in [0.717, 1.165) is 19.6 Å². The Morgan fingerprint density at radius 2 is 2.43 bits per heavy atom. The van der Waals surface area contributed by atoms with Crippen molar-refractivity contribution in [3.8, 4) is 0 Å². The lowest BCUT2D eigenvalue weighted by Gasteiger charge is -2.26. The van der Waals surface area contributed by atoms with Gasteiger partial charge < -0.3 is 19.9 Å². The molecule has 0 aromatic rings. The first-order valence-corrected chi connectivity index (χ1v) is 5.31. The van der Waals surface area contributed by atoms with Crippen LogP contribution in [-0.4, -0.2) is 49.7 Å². The zero-order valence-electron chi connectivity index (χ0n) is 9.08. The topological polar surface area (TPSA) is 50.7 Å². The number of rotatable bonds is 6. The van der Waals surface area contributed by atoms with Crippen LogP contribution in [0.3, 0.4) is 0 Å². The second-order valence-corrected chi connectivity index (χ2v) is 3.74. The van der Waals surface area contributed by atoms with E-state index in [1.807, 2.05) is 13.8 Å². The van der Waals surface area contributed by atoms with Crippen molar-refractivity contribution in [1.29, 1.82) is 0 Å². The van der Waals surface area contributed by atoms with Crippen molar-refractivity contribution >= 4 is 0 Å². The van der Waals surface area contributed by atoms with Gasteiger partial charge in [-0.15, -0.1) is 0 Å². The van der Waals surface area contributed by atoms with Crippen LogP contribution < -0.4 is 5.32 Å². The maximum atomic E-state index is 10.1. The van der Waals surface area contributed by atoms with Gasteiger partial charge in [-0.25, -0.2) is 0 Å². The van der Waals surface area contributed by atoms with Crippen molar-refractivity contribution in [1.82, 2.24) is 5.32 Å². The summed E-state index contributed by atoms with van der Waals surface area (Å²) < 4.78 is 10.5. The summed E-state index contributed by atoms with van der Waals surface area (Å²) in [5, 5.41) is 13.3. The second kappa shape index (κ2) is 5.66. The average molecular weight is 203 g/mol. The smallest absolute Gasteiger partial charge is 0.105 e. The SMILES string of the molecule is CCOCCNCC1(O)CCOC1C. The summed E-state index contributed by atoms with van der Waals surface area (Å²) in [6.07, 6.45) is 0.651. The highest BCUT2D eigenvalue weighted by Gasteiger charge is 2.38. The largest absolute Gasteiger partial charge is 0.386 e. The molecule has 2 unspecified atom stereocenters. The van der Waals surface area contributed by atoms with Crippen molar-refractivity contribution in [2.24, 2.45) is 0 Å². The Hall–Kier alpha value is -0.160. The van der Waals surface area contributed by atoms with Gasteiger partial charge in [-0.2, -0.15) is 0 Å². The molecule has 14 heavy (non-hydrogen) atoms. The predicted octanol–water partition coefficient (Wildman–Crippen LogP) is 0.152. The van der Waals surface area contributed by atoms with Gasteiger partial charge in [0.05, 0.1) is 12.7 Å². The summed E-state index contributed by atoms with van der Waals surface area (Å²) >= 11 is 0. The Morgan fingerprint density at radius 1 is 1.64 bits per heavy atom. The molecule has 1 saturated heterocycles. The summed E-state index contributed by atoms with van der Waals surface area (Å²) in [6.45, 7) is 7.35. The molecule has 0 radical (unpaired) electrons. The van der Waals surface area contributed by atoms with Crippen LogP contribution in [0.2, 0.25) is 0 Å². The first kappa shape index (κ1) is 11.9. The Morgan fingerprint density at radius 3 is 3.00 bits per heavy atom. The second-order valence-electron chi connectivity index (χ2n) is 3.74. The molecule has 1 heterocycles. The van der Waals surface area contributed by atoms with Gasteiger partial charge in [-0.05, 0) is 13.8 Å². The molecule has 0 saturated carbocycles. The minimum absolute atomic E-state index is 0.0675. The third-order valence-corrected chi connectivity index (χ3v) is 2.72. The molecule has 0 aromatic carbocycles. The lowest BCUT2D eigenvalue weighted by Crippen LogP contribution is -2.46. The van der Waals surface area contributed by atoms with Gasteiger partial charge >= 0.3 is 0 Å². The van der Waals surface area contributed by atoms with Crippen LogP contribution in [0.4, 0.5) is 0 Å². The van der Waals surface area contributed by atoms with Gasteiger partial charge in [0, 0.05) is 32.7 Å². The average Bonchev–Trinajstić information content (AvgIpc) is 2.47. The van der Waals surface area contributed by atoms with Crippen LogP contribution in [0.1, 0.15) is 20.3 Å². The predicted molar refractivity (Wildman–Crippen MR) is 54.3 cm³/mol. The third-order valence-electron chi connectivity index (χ3n) is 2.72. The van der Waals surface area contributed by atoms with Crippen LogP contribution in [-0.2, 0) is 9.47 Å². The monoisotopic (exact) mass is 203 g/mol. The molecule has 4 heteroatoms. The zero-order valence-corrected chi connectivity index (χ0v) is 9.08. The van der Waals surface area contributed by atoms with Gasteiger partial charge in [0.2, 0.25) is 0 Å². The van der Waals surface area contributed by atoms with E-state index in [2.05, 4.69) is 5.32 Å². The highest BCUT2D eigenvalue weighted by atomic mass is 16.5. The van der Waals surface area contributed by atoms with E-state index in [0.29, 0.717) is 19.8 Å². The molecule has 0 aromatic heterocycles. The fourth-order valence-electron chi connectivity index (χ4n) is 1.60. The van der Waals surface area contributed by atoms with Crippen LogP contribution in [0.5, 0.6) is 0 Å². The molecule has 2 atom stereocenters. The van der Waals surface area contributed by atoms with Crippen LogP contribution in [0, 0.1) is 0 Å². The van der Waals surface area contributed by atoms with Gasteiger partial charge in [0.1, 0.15) is 5.60 Å². The van der Waals surface area contributed by atoms with Crippen molar-refractivity contribution < 1.29 is 14.6 Å². The van der Waals surface area contributed by atoms with Crippen molar-refractivity contribution in [2.75, 3.05) is 32.9 Å². The minimum atomic E-state index is -0.688. The van der Waals surface area contributed by atoms with Gasteiger partial charge in [-0.3, -0.25) is 0 Å². The molecular formula is C10H21NO3. The number of nitrogens with one attached hydrogen (secondary N) is 1. The van der Waals surface area contributed by atoms with Crippen molar-refractivity contribution in [2.45, 2.75) is 32.0 Å². The van der Waals surface area contributed by atoms with E-state index < -0.39 is 5.60 Å². The van der Waals surface area contributed by atoms with Gasteiger partial charge in [0.15, 0.2) is 0 Å². The van der Waals surface area contributed by atoms with Crippen LogP contribution in [0.25, 0.3) is 0 Å². The lowest BCUT2D eigenvalue weighted by molar-refractivity contribution is -0.0268. The van der Waals surface area contributed by atoms with E-state index in [4.69, 9.17) is 9.47 Å². The maximum Gasteiger partial charge on any atom is 0.105 e. The molecule has 2 N–H and O–H groups in total. The summed E-state index contributed by atoms with van der Waals surface area (Å²) in [7, 11) is 0. The zero-order chi connectivity index (χ0) is 10.4. The van der Waals surface area contributed by atoms with E-state index in [1.54, 1.807) is 0 Å². The highest BCUT2D eigenvalue weighted by molar-refractivity contribution is 4.91. The Labute approximate surface area is 85.6 Å². The Balaban J connectivity index is 2.10. The summed E-state index contributed by atoms with van der Waals surface area (Å²) in [5.41, 5.74) is -0.688. The van der Waals surface area contributed by atoms with Crippen LogP contribution in [0.15, 0.2) is 0 Å². The fourth-order valence-corrected chi connectivity index (χ4v) is 1.60. The number of hydrogen-bond donors (Lipinski definition) is 2. The summed E-state index contributed by atoms with van der Waals surface area (Å²) in [5.74, 6) is 0. The third kappa shape index (κ3) is 3.20. The molecule has 0 bridgehead atoms. The van der Waals surface area contributed by atoms with Crippen molar-refractivity contribution in [3.05, 3.63) is 0 Å². The maximum absolute atomic E-state index is 10.1. The lowest BCUT2D eigenvalue weighted by atomic mass is 9.97. The molecule has 1 fully saturated rings. The van der Waals surface area contributed by atoms with E-state index >= 15 is 0 Å². The molecule has 0 amide bonds. The van der Waals surface area contributed by atoms with E-state index in [-0.39, 0.29) is 6.10 Å². The van der Waals surface area contributed by atoms with E-state index in [9.17, 15) is 5.11 Å². The summed E-state index contributed by atoms with van der Waals surface area (Å²) in [6, 6.07) is 0. The normalized spacial score (nSPS) is 32.4. The Bertz CT molecular complexity index is 165.